The first-order valence-corrected chi connectivity index (χ1v) is 4.18. The lowest BCUT2D eigenvalue weighted by molar-refractivity contribution is 0.450. The number of phenols is 2. The monoisotopic (exact) mass is 168 g/mol. The maximum Gasteiger partial charge on any atom is 0.119 e. The van der Waals surface area contributed by atoms with Crippen molar-refractivity contribution in [1.29, 1.82) is 0 Å². The molecule has 12 heavy (non-hydrogen) atoms. The number of hydrogen-bond donors (Lipinski definition) is 2. The molecular formula is C10H16O2. The Balaban J connectivity index is 0.000000261. The highest BCUT2D eigenvalue weighted by atomic mass is 16.3. The van der Waals surface area contributed by atoms with Crippen LogP contribution in [-0.2, 0) is 0 Å². The molecule has 0 atom stereocenters. The number of phenolic OH excluding ortho intramolecular Hbond substituents is 2. The third-order valence-electron chi connectivity index (χ3n) is 1.33. The smallest absolute Gasteiger partial charge is 0.119 e. The molecule has 0 aliphatic heterocycles. The Morgan fingerprint density at radius 1 is 1.00 bits per heavy atom. The number of rotatable bonds is 1. The highest BCUT2D eigenvalue weighted by Crippen LogP contribution is 2.14. The zero-order valence-electron chi connectivity index (χ0n) is 7.62. The lowest BCUT2D eigenvalue weighted by Gasteiger charge is -1.89. The van der Waals surface area contributed by atoms with Crippen LogP contribution in [-0.4, -0.2) is 10.2 Å². The van der Waals surface area contributed by atoms with E-state index in [-0.39, 0.29) is 11.5 Å². The minimum Gasteiger partial charge on any atom is -0.508 e. The molecule has 0 saturated carbocycles. The van der Waals surface area contributed by atoms with Gasteiger partial charge in [-0.3, -0.25) is 0 Å². The van der Waals surface area contributed by atoms with Crippen molar-refractivity contribution in [3.8, 4) is 11.5 Å². The molecule has 1 aromatic carbocycles. The van der Waals surface area contributed by atoms with Gasteiger partial charge in [0, 0.05) is 6.07 Å². The third kappa shape index (κ3) is 5.59. The number of hydrogen-bond acceptors (Lipinski definition) is 2. The largest absolute Gasteiger partial charge is 0.508 e. The Morgan fingerprint density at radius 3 is 1.58 bits per heavy atom. The molecule has 2 nitrogen and oxygen atoms in total. The van der Waals surface area contributed by atoms with Crippen molar-refractivity contribution in [2.45, 2.75) is 26.7 Å². The molecule has 1 rings (SSSR count). The van der Waals surface area contributed by atoms with Gasteiger partial charge >= 0.3 is 0 Å². The Hall–Kier alpha value is -1.18. The van der Waals surface area contributed by atoms with Gasteiger partial charge < -0.3 is 10.2 Å². The molecule has 0 heterocycles. The first kappa shape index (κ1) is 10.8. The van der Waals surface area contributed by atoms with Crippen LogP contribution in [0.1, 0.15) is 26.7 Å². The predicted octanol–water partition coefficient (Wildman–Crippen LogP) is 2.90. The van der Waals surface area contributed by atoms with Crippen molar-refractivity contribution in [2.24, 2.45) is 0 Å². The molecule has 0 saturated heterocycles. The van der Waals surface area contributed by atoms with Crippen molar-refractivity contribution in [3.05, 3.63) is 24.3 Å². The van der Waals surface area contributed by atoms with Crippen LogP contribution in [0.5, 0.6) is 11.5 Å². The summed E-state index contributed by atoms with van der Waals surface area (Å²) in [5, 5.41) is 17.3. The molecule has 0 unspecified atom stereocenters. The van der Waals surface area contributed by atoms with E-state index < -0.39 is 0 Å². The van der Waals surface area contributed by atoms with E-state index >= 15 is 0 Å². The Labute approximate surface area is 73.5 Å². The van der Waals surface area contributed by atoms with E-state index in [2.05, 4.69) is 13.8 Å². The Bertz CT molecular complexity index is 189. The summed E-state index contributed by atoms with van der Waals surface area (Å²) in [6.07, 6.45) is 2.64. The third-order valence-corrected chi connectivity index (χ3v) is 1.33. The van der Waals surface area contributed by atoms with Gasteiger partial charge in [0.25, 0.3) is 0 Å². The van der Waals surface area contributed by atoms with Gasteiger partial charge in [-0.2, -0.15) is 0 Å². The molecule has 0 spiro atoms. The summed E-state index contributed by atoms with van der Waals surface area (Å²) in [4.78, 5) is 0. The number of unbranched alkanes of at least 4 members (excludes halogenated alkanes) is 1. The zero-order valence-corrected chi connectivity index (χ0v) is 7.62. The van der Waals surface area contributed by atoms with Crippen molar-refractivity contribution in [3.63, 3.8) is 0 Å². The second-order valence-electron chi connectivity index (χ2n) is 2.52. The summed E-state index contributed by atoms with van der Waals surface area (Å²) in [6, 6.07) is 5.85. The van der Waals surface area contributed by atoms with Crippen LogP contribution in [0.15, 0.2) is 24.3 Å². The van der Waals surface area contributed by atoms with E-state index in [1.54, 1.807) is 6.07 Å². The zero-order chi connectivity index (χ0) is 9.40. The second-order valence-corrected chi connectivity index (χ2v) is 2.52. The van der Waals surface area contributed by atoms with Crippen LogP contribution in [0.2, 0.25) is 0 Å². The summed E-state index contributed by atoms with van der Waals surface area (Å²) in [5.74, 6) is 0.176. The van der Waals surface area contributed by atoms with Gasteiger partial charge in [0.2, 0.25) is 0 Å². The minimum absolute atomic E-state index is 0.0880. The molecule has 0 aromatic heterocycles. The second kappa shape index (κ2) is 6.53. The lowest BCUT2D eigenvalue weighted by Crippen LogP contribution is -1.61. The molecule has 1 aromatic rings. The van der Waals surface area contributed by atoms with Gasteiger partial charge in [0.05, 0.1) is 0 Å². The molecule has 2 heteroatoms. The van der Waals surface area contributed by atoms with Crippen molar-refractivity contribution in [2.75, 3.05) is 0 Å². The van der Waals surface area contributed by atoms with Crippen molar-refractivity contribution < 1.29 is 10.2 Å². The first-order valence-electron chi connectivity index (χ1n) is 4.18. The van der Waals surface area contributed by atoms with E-state index in [9.17, 15) is 0 Å². The van der Waals surface area contributed by atoms with Gasteiger partial charge in [-0.05, 0) is 12.1 Å². The Morgan fingerprint density at radius 2 is 1.42 bits per heavy atom. The van der Waals surface area contributed by atoms with E-state index in [4.69, 9.17) is 10.2 Å². The molecule has 0 fully saturated rings. The van der Waals surface area contributed by atoms with Crippen LogP contribution in [0.25, 0.3) is 0 Å². The van der Waals surface area contributed by atoms with E-state index in [1.165, 1.54) is 31.0 Å². The molecule has 2 N–H and O–H groups in total. The summed E-state index contributed by atoms with van der Waals surface area (Å²) >= 11 is 0. The van der Waals surface area contributed by atoms with E-state index in [1.807, 2.05) is 0 Å². The topological polar surface area (TPSA) is 40.5 Å². The maximum absolute atomic E-state index is 8.65. The normalized spacial score (nSPS) is 8.50. The summed E-state index contributed by atoms with van der Waals surface area (Å²) in [5.41, 5.74) is 0. The Kier molecular flexibility index (Phi) is 5.88. The van der Waals surface area contributed by atoms with Gasteiger partial charge in [0.1, 0.15) is 11.5 Å². The summed E-state index contributed by atoms with van der Waals surface area (Å²) < 4.78 is 0. The fourth-order valence-corrected chi connectivity index (χ4v) is 0.493. The molecule has 0 radical (unpaired) electrons. The predicted molar refractivity (Wildman–Crippen MR) is 50.4 cm³/mol. The van der Waals surface area contributed by atoms with Crippen LogP contribution in [0, 0.1) is 0 Å². The fraction of sp³-hybridized carbons (Fsp3) is 0.400. The van der Waals surface area contributed by atoms with Gasteiger partial charge in [0.15, 0.2) is 0 Å². The quantitative estimate of drug-likeness (QED) is 0.676. The average Bonchev–Trinajstić information content (AvgIpc) is 2.04. The standard InChI is InChI=1S/C6H6O2.C4H10/c7-5-2-1-3-6(8)4-5;1-3-4-2/h1-4,7-8H;3-4H2,1-2H3. The number of benzene rings is 1. The molecule has 0 amide bonds. The first-order chi connectivity index (χ1) is 5.70. The average molecular weight is 168 g/mol. The number of aromatic hydroxyl groups is 2. The van der Waals surface area contributed by atoms with Gasteiger partial charge in [-0.1, -0.05) is 32.8 Å². The molecule has 0 aliphatic rings. The maximum atomic E-state index is 8.65. The van der Waals surface area contributed by atoms with Crippen LogP contribution in [0.3, 0.4) is 0 Å². The fourth-order valence-electron chi connectivity index (χ4n) is 0.493. The van der Waals surface area contributed by atoms with Crippen LogP contribution < -0.4 is 0 Å². The van der Waals surface area contributed by atoms with E-state index in [0.717, 1.165) is 0 Å². The molecule has 0 bridgehead atoms. The van der Waals surface area contributed by atoms with Crippen LogP contribution >= 0.6 is 0 Å². The summed E-state index contributed by atoms with van der Waals surface area (Å²) in [7, 11) is 0. The molecular weight excluding hydrogens is 152 g/mol. The van der Waals surface area contributed by atoms with Gasteiger partial charge in [-0.15, -0.1) is 0 Å². The van der Waals surface area contributed by atoms with Crippen molar-refractivity contribution >= 4 is 0 Å². The lowest BCUT2D eigenvalue weighted by atomic mass is 10.3. The highest BCUT2D eigenvalue weighted by Gasteiger charge is 1.85. The minimum atomic E-state index is 0.0880. The van der Waals surface area contributed by atoms with Gasteiger partial charge in [-0.25, -0.2) is 0 Å². The summed E-state index contributed by atoms with van der Waals surface area (Å²) in [6.45, 7) is 4.36. The molecule has 68 valence electrons. The van der Waals surface area contributed by atoms with E-state index in [0.29, 0.717) is 0 Å². The van der Waals surface area contributed by atoms with Crippen LogP contribution in [0.4, 0.5) is 0 Å². The highest BCUT2D eigenvalue weighted by molar-refractivity contribution is 5.30. The molecule has 0 aliphatic carbocycles. The SMILES string of the molecule is CCCC.Oc1cccc(O)c1. The van der Waals surface area contributed by atoms with Crippen molar-refractivity contribution in [1.82, 2.24) is 0 Å².